The zero-order chi connectivity index (χ0) is 12.8. The SMILES string of the molecule is N#CCCP(=O)(CCC#N)C1(O)CCCCC1. The number of rotatable bonds is 5. The summed E-state index contributed by atoms with van der Waals surface area (Å²) in [6.07, 6.45) is 4.86. The summed E-state index contributed by atoms with van der Waals surface area (Å²) in [6, 6.07) is 3.98. The van der Waals surface area contributed by atoms with Gasteiger partial charge in [0.15, 0.2) is 0 Å². The van der Waals surface area contributed by atoms with E-state index >= 15 is 0 Å². The van der Waals surface area contributed by atoms with Crippen LogP contribution in [0.1, 0.15) is 44.9 Å². The monoisotopic (exact) mass is 254 g/mol. The molecule has 1 saturated carbocycles. The second kappa shape index (κ2) is 6.20. The molecular formula is C12H19N2O2P. The fourth-order valence-electron chi connectivity index (χ4n) is 2.51. The van der Waals surface area contributed by atoms with Gasteiger partial charge in [-0.05, 0) is 12.8 Å². The number of nitriles is 2. The molecule has 0 bridgehead atoms. The van der Waals surface area contributed by atoms with Gasteiger partial charge in [0.05, 0.1) is 12.1 Å². The maximum Gasteiger partial charge on any atom is 0.120 e. The second-order valence-electron chi connectivity index (χ2n) is 4.70. The lowest BCUT2D eigenvalue weighted by Gasteiger charge is -2.39. The molecule has 0 aromatic carbocycles. The molecule has 0 aliphatic heterocycles. The van der Waals surface area contributed by atoms with Crippen molar-refractivity contribution in [2.75, 3.05) is 12.3 Å². The van der Waals surface area contributed by atoms with E-state index in [0.29, 0.717) is 12.8 Å². The molecular weight excluding hydrogens is 235 g/mol. The van der Waals surface area contributed by atoms with E-state index < -0.39 is 12.5 Å². The fourth-order valence-corrected chi connectivity index (χ4v) is 5.62. The highest BCUT2D eigenvalue weighted by atomic mass is 31.2. The van der Waals surface area contributed by atoms with Gasteiger partial charge in [0.2, 0.25) is 0 Å². The van der Waals surface area contributed by atoms with Gasteiger partial charge in [-0.3, -0.25) is 0 Å². The lowest BCUT2D eigenvalue weighted by Crippen LogP contribution is -2.33. The Kier molecular flexibility index (Phi) is 5.19. The van der Waals surface area contributed by atoms with E-state index in [4.69, 9.17) is 10.5 Å². The van der Waals surface area contributed by atoms with Crippen molar-refractivity contribution in [1.82, 2.24) is 0 Å². The Labute approximate surface area is 103 Å². The summed E-state index contributed by atoms with van der Waals surface area (Å²) < 4.78 is 12.9. The van der Waals surface area contributed by atoms with Crippen LogP contribution in [-0.4, -0.2) is 22.8 Å². The Balaban J connectivity index is 2.84. The summed E-state index contributed by atoms with van der Waals surface area (Å²) in [5, 5.41) is 26.7. The van der Waals surface area contributed by atoms with Gasteiger partial charge in [0.25, 0.3) is 0 Å². The highest BCUT2D eigenvalue weighted by Crippen LogP contribution is 2.62. The highest BCUT2D eigenvalue weighted by Gasteiger charge is 2.45. The number of aliphatic hydroxyl groups is 1. The molecule has 1 fully saturated rings. The van der Waals surface area contributed by atoms with Crippen LogP contribution in [0.25, 0.3) is 0 Å². The molecule has 17 heavy (non-hydrogen) atoms. The average Bonchev–Trinajstić information content (AvgIpc) is 2.34. The van der Waals surface area contributed by atoms with Crippen LogP contribution in [0.4, 0.5) is 0 Å². The normalized spacial score (nSPS) is 19.2. The van der Waals surface area contributed by atoms with Crippen molar-refractivity contribution >= 4 is 7.14 Å². The molecule has 4 nitrogen and oxygen atoms in total. The van der Waals surface area contributed by atoms with Gasteiger partial charge >= 0.3 is 0 Å². The third-order valence-electron chi connectivity index (χ3n) is 3.58. The van der Waals surface area contributed by atoms with E-state index in [0.717, 1.165) is 19.3 Å². The standard InChI is InChI=1S/C12H19N2O2P/c13-8-4-10-17(16,11-5-9-14)12(15)6-2-1-3-7-12/h15H,1-7,10-11H2. The van der Waals surface area contributed by atoms with Crippen molar-refractivity contribution < 1.29 is 9.67 Å². The smallest absolute Gasteiger partial charge is 0.120 e. The molecule has 1 rings (SSSR count). The van der Waals surface area contributed by atoms with Crippen molar-refractivity contribution in [2.24, 2.45) is 0 Å². The van der Waals surface area contributed by atoms with Gasteiger partial charge in [-0.25, -0.2) is 0 Å². The van der Waals surface area contributed by atoms with Crippen LogP contribution in [0, 0.1) is 22.7 Å². The lowest BCUT2D eigenvalue weighted by atomic mass is 9.97. The molecule has 1 N–H and O–H groups in total. The molecule has 0 aromatic rings. The van der Waals surface area contributed by atoms with Crippen LogP contribution < -0.4 is 0 Å². The first kappa shape index (κ1) is 14.2. The molecule has 5 heteroatoms. The third-order valence-corrected chi connectivity index (χ3v) is 7.44. The van der Waals surface area contributed by atoms with E-state index in [1.807, 2.05) is 12.1 Å². The maximum absolute atomic E-state index is 12.9. The summed E-state index contributed by atoms with van der Waals surface area (Å²) in [5.41, 5.74) is 0. The zero-order valence-electron chi connectivity index (χ0n) is 10.1. The molecule has 0 unspecified atom stereocenters. The minimum Gasteiger partial charge on any atom is -0.382 e. The summed E-state index contributed by atoms with van der Waals surface area (Å²) in [7, 11) is -2.83. The number of nitrogens with zero attached hydrogens (tertiary/aromatic N) is 2. The Morgan fingerprint density at radius 3 is 1.94 bits per heavy atom. The van der Waals surface area contributed by atoms with Gasteiger partial charge < -0.3 is 9.67 Å². The van der Waals surface area contributed by atoms with Gasteiger partial charge in [-0.15, -0.1) is 0 Å². The van der Waals surface area contributed by atoms with Crippen molar-refractivity contribution in [3.63, 3.8) is 0 Å². The van der Waals surface area contributed by atoms with Crippen LogP contribution in [0.15, 0.2) is 0 Å². The van der Waals surface area contributed by atoms with Crippen LogP contribution >= 0.6 is 7.14 Å². The van der Waals surface area contributed by atoms with Crippen LogP contribution in [0.5, 0.6) is 0 Å². The molecule has 0 radical (unpaired) electrons. The first-order chi connectivity index (χ1) is 8.08. The molecule has 0 saturated heterocycles. The van der Waals surface area contributed by atoms with E-state index in [1.165, 1.54) is 0 Å². The van der Waals surface area contributed by atoms with Crippen LogP contribution in [-0.2, 0) is 4.57 Å². The van der Waals surface area contributed by atoms with Crippen molar-refractivity contribution in [3.8, 4) is 12.1 Å². The van der Waals surface area contributed by atoms with Crippen molar-refractivity contribution in [1.29, 1.82) is 10.5 Å². The number of hydrogen-bond donors (Lipinski definition) is 1. The van der Waals surface area contributed by atoms with Crippen LogP contribution in [0.3, 0.4) is 0 Å². The van der Waals surface area contributed by atoms with Crippen molar-refractivity contribution in [2.45, 2.75) is 50.3 Å². The largest absolute Gasteiger partial charge is 0.382 e. The summed E-state index contributed by atoms with van der Waals surface area (Å²) >= 11 is 0. The topological polar surface area (TPSA) is 84.9 Å². The molecule has 0 aromatic heterocycles. The molecule has 0 atom stereocenters. The van der Waals surface area contributed by atoms with Crippen LogP contribution in [0.2, 0.25) is 0 Å². The molecule has 94 valence electrons. The third kappa shape index (κ3) is 3.32. The number of hydrogen-bond acceptors (Lipinski definition) is 4. The quantitative estimate of drug-likeness (QED) is 0.764. The van der Waals surface area contributed by atoms with Crippen molar-refractivity contribution in [3.05, 3.63) is 0 Å². The predicted octanol–water partition coefficient (Wildman–Crippen LogP) is 2.83. The van der Waals surface area contributed by atoms with Gasteiger partial charge in [0.1, 0.15) is 12.5 Å². The molecule has 1 aliphatic carbocycles. The Bertz CT molecular complexity index is 353. The molecule has 1 aliphatic rings. The fraction of sp³-hybridized carbons (Fsp3) is 0.833. The Hall–Kier alpha value is -0.830. The van der Waals surface area contributed by atoms with E-state index in [1.54, 1.807) is 0 Å². The lowest BCUT2D eigenvalue weighted by molar-refractivity contribution is 0.0804. The van der Waals surface area contributed by atoms with Gasteiger partial charge in [-0.1, -0.05) is 19.3 Å². The molecule has 0 heterocycles. The van der Waals surface area contributed by atoms with Gasteiger partial charge in [-0.2, -0.15) is 10.5 Å². The summed E-state index contributed by atoms with van der Waals surface area (Å²) in [4.78, 5) is 0. The zero-order valence-corrected chi connectivity index (χ0v) is 11.0. The van der Waals surface area contributed by atoms with E-state index in [-0.39, 0.29) is 25.2 Å². The first-order valence-corrected chi connectivity index (χ1v) is 8.20. The maximum atomic E-state index is 12.9. The summed E-state index contributed by atoms with van der Waals surface area (Å²) in [6.45, 7) is 0. The Morgan fingerprint density at radius 1 is 1.06 bits per heavy atom. The van der Waals surface area contributed by atoms with Gasteiger partial charge in [0, 0.05) is 25.2 Å². The minimum absolute atomic E-state index is 0.199. The van der Waals surface area contributed by atoms with E-state index in [9.17, 15) is 9.67 Å². The van der Waals surface area contributed by atoms with E-state index in [2.05, 4.69) is 0 Å². The predicted molar refractivity (Wildman–Crippen MR) is 65.8 cm³/mol. The Morgan fingerprint density at radius 2 is 1.53 bits per heavy atom. The second-order valence-corrected chi connectivity index (χ2v) is 8.20. The average molecular weight is 254 g/mol. The molecule has 0 spiro atoms. The highest BCUT2D eigenvalue weighted by molar-refractivity contribution is 7.65. The molecule has 0 amide bonds. The minimum atomic E-state index is -2.83. The first-order valence-electron chi connectivity index (χ1n) is 6.12. The summed E-state index contributed by atoms with van der Waals surface area (Å²) in [5.74, 6) is 0.